The van der Waals surface area contributed by atoms with E-state index in [0.29, 0.717) is 6.67 Å². The number of hydrogen-bond donors (Lipinski definition) is 2. The molecular weight excluding hydrogens is 202 g/mol. The van der Waals surface area contributed by atoms with Crippen LogP contribution in [0.25, 0.3) is 0 Å². The first-order valence-corrected chi connectivity index (χ1v) is 5.57. The number of aliphatic imine (C=N–C) groups is 1. The summed E-state index contributed by atoms with van der Waals surface area (Å²) < 4.78 is 0. The van der Waals surface area contributed by atoms with Crippen molar-refractivity contribution in [3.63, 3.8) is 0 Å². The van der Waals surface area contributed by atoms with E-state index in [1.54, 1.807) is 12.3 Å². The van der Waals surface area contributed by atoms with Gasteiger partial charge in [-0.15, -0.1) is 0 Å². The predicted octanol–water partition coefficient (Wildman–Crippen LogP) is 0.674. The number of hydrogen-bond acceptors (Lipinski definition) is 4. The molecule has 1 aromatic carbocycles. The van der Waals surface area contributed by atoms with Crippen molar-refractivity contribution in [2.24, 2.45) is 4.99 Å². The van der Waals surface area contributed by atoms with Crippen LogP contribution >= 0.6 is 0 Å². The van der Waals surface area contributed by atoms with Gasteiger partial charge in [-0.2, -0.15) is 0 Å². The van der Waals surface area contributed by atoms with Crippen molar-refractivity contribution >= 4 is 6.21 Å². The lowest BCUT2D eigenvalue weighted by Gasteiger charge is -2.25. The van der Waals surface area contributed by atoms with Crippen LogP contribution in [0.2, 0.25) is 0 Å². The van der Waals surface area contributed by atoms with Crippen molar-refractivity contribution in [3.8, 4) is 5.75 Å². The second-order valence-corrected chi connectivity index (χ2v) is 3.88. The van der Waals surface area contributed by atoms with Crippen LogP contribution in [0.4, 0.5) is 0 Å². The molecule has 4 heteroatoms. The normalized spacial score (nSPS) is 18.0. The maximum Gasteiger partial charge on any atom is 0.124 e. The maximum atomic E-state index is 9.53. The molecule has 1 saturated heterocycles. The fraction of sp³-hybridized carbons (Fsp3) is 0.417. The van der Waals surface area contributed by atoms with Gasteiger partial charge >= 0.3 is 0 Å². The second-order valence-electron chi connectivity index (χ2n) is 3.88. The lowest BCUT2D eigenvalue weighted by atomic mass is 10.2. The zero-order chi connectivity index (χ0) is 11.2. The van der Waals surface area contributed by atoms with Crippen LogP contribution in [-0.4, -0.2) is 49.1 Å². The summed E-state index contributed by atoms with van der Waals surface area (Å²) in [4.78, 5) is 6.62. The van der Waals surface area contributed by atoms with Gasteiger partial charge in [-0.3, -0.25) is 9.89 Å². The van der Waals surface area contributed by atoms with Gasteiger partial charge in [0.1, 0.15) is 5.75 Å². The second kappa shape index (κ2) is 5.63. The van der Waals surface area contributed by atoms with Crippen molar-refractivity contribution < 1.29 is 5.11 Å². The zero-order valence-electron chi connectivity index (χ0n) is 9.26. The average molecular weight is 219 g/mol. The summed E-state index contributed by atoms with van der Waals surface area (Å²) in [5.41, 5.74) is 0.776. The van der Waals surface area contributed by atoms with E-state index in [0.717, 1.165) is 31.7 Å². The first-order chi connectivity index (χ1) is 7.86. The number of nitrogens with one attached hydrogen (secondary N) is 1. The SMILES string of the molecule is Oc1ccccc1C=NCN1CCNCC1. The van der Waals surface area contributed by atoms with Crippen molar-refractivity contribution in [2.45, 2.75) is 0 Å². The molecule has 0 spiro atoms. The van der Waals surface area contributed by atoms with Crippen molar-refractivity contribution in [2.75, 3.05) is 32.8 Å². The quantitative estimate of drug-likeness (QED) is 0.735. The highest BCUT2D eigenvalue weighted by atomic mass is 16.3. The van der Waals surface area contributed by atoms with E-state index in [4.69, 9.17) is 0 Å². The Hall–Kier alpha value is -1.39. The molecule has 1 fully saturated rings. The molecule has 0 unspecified atom stereocenters. The molecule has 0 bridgehead atoms. The molecular formula is C12H17N3O. The third kappa shape index (κ3) is 3.05. The van der Waals surface area contributed by atoms with Crippen LogP contribution in [0, 0.1) is 0 Å². The standard InChI is InChI=1S/C12H17N3O/c16-12-4-2-1-3-11(12)9-14-10-15-7-5-13-6-8-15/h1-4,9,13,16H,5-8,10H2. The number of aromatic hydroxyl groups is 1. The number of phenolic OH excluding ortho intramolecular Hbond substituents is 1. The summed E-state index contributed by atoms with van der Waals surface area (Å²) in [5, 5.41) is 12.8. The Kier molecular flexibility index (Phi) is 3.91. The topological polar surface area (TPSA) is 47.9 Å². The Morgan fingerprint density at radius 2 is 2.06 bits per heavy atom. The molecule has 1 aromatic rings. The minimum atomic E-state index is 0.284. The van der Waals surface area contributed by atoms with Crippen molar-refractivity contribution in [1.29, 1.82) is 0 Å². The molecule has 0 saturated carbocycles. The molecule has 1 heterocycles. The highest BCUT2D eigenvalue weighted by molar-refractivity contribution is 5.83. The number of nitrogens with zero attached hydrogens (tertiary/aromatic N) is 2. The van der Waals surface area contributed by atoms with Gasteiger partial charge < -0.3 is 10.4 Å². The number of rotatable bonds is 3. The van der Waals surface area contributed by atoms with E-state index in [9.17, 15) is 5.11 Å². The van der Waals surface area contributed by atoms with Crippen molar-refractivity contribution in [1.82, 2.24) is 10.2 Å². The number of phenols is 1. The van der Waals surface area contributed by atoms with E-state index in [1.165, 1.54) is 0 Å². The Morgan fingerprint density at radius 3 is 2.81 bits per heavy atom. The number of benzene rings is 1. The summed E-state index contributed by atoms with van der Waals surface area (Å²) in [6, 6.07) is 7.23. The van der Waals surface area contributed by atoms with Crippen LogP contribution in [-0.2, 0) is 0 Å². The largest absolute Gasteiger partial charge is 0.507 e. The van der Waals surface area contributed by atoms with E-state index in [-0.39, 0.29) is 5.75 Å². The smallest absolute Gasteiger partial charge is 0.124 e. The van der Waals surface area contributed by atoms with Gasteiger partial charge in [0.15, 0.2) is 0 Å². The van der Waals surface area contributed by atoms with Gasteiger partial charge in [0.05, 0.1) is 6.67 Å². The Morgan fingerprint density at radius 1 is 1.31 bits per heavy atom. The van der Waals surface area contributed by atoms with Crippen LogP contribution in [0.15, 0.2) is 29.3 Å². The molecule has 0 radical (unpaired) electrons. The number of piperazine rings is 1. The minimum Gasteiger partial charge on any atom is -0.507 e. The first kappa shape index (κ1) is 11.1. The van der Waals surface area contributed by atoms with Gasteiger partial charge in [0, 0.05) is 38.0 Å². The van der Waals surface area contributed by atoms with Crippen LogP contribution < -0.4 is 5.32 Å². The van der Waals surface area contributed by atoms with E-state index < -0.39 is 0 Å². The van der Waals surface area contributed by atoms with Crippen molar-refractivity contribution in [3.05, 3.63) is 29.8 Å². The molecule has 0 aliphatic carbocycles. The third-order valence-corrected chi connectivity index (χ3v) is 2.66. The molecule has 2 N–H and O–H groups in total. The van der Waals surface area contributed by atoms with Gasteiger partial charge in [0.25, 0.3) is 0 Å². The van der Waals surface area contributed by atoms with Gasteiger partial charge in [0.2, 0.25) is 0 Å². The predicted molar refractivity (Wildman–Crippen MR) is 65.0 cm³/mol. The Labute approximate surface area is 95.6 Å². The van der Waals surface area contributed by atoms with Crippen LogP contribution in [0.3, 0.4) is 0 Å². The Bertz CT molecular complexity index is 359. The molecule has 2 rings (SSSR count). The highest BCUT2D eigenvalue weighted by Gasteiger charge is 2.07. The lowest BCUT2D eigenvalue weighted by Crippen LogP contribution is -2.43. The summed E-state index contributed by atoms with van der Waals surface area (Å²) >= 11 is 0. The molecule has 0 atom stereocenters. The summed E-state index contributed by atoms with van der Waals surface area (Å²) in [6.45, 7) is 4.85. The first-order valence-electron chi connectivity index (χ1n) is 5.57. The van der Waals surface area contributed by atoms with Gasteiger partial charge in [-0.25, -0.2) is 0 Å². The van der Waals surface area contributed by atoms with Crippen LogP contribution in [0.1, 0.15) is 5.56 Å². The van der Waals surface area contributed by atoms with E-state index in [2.05, 4.69) is 15.2 Å². The third-order valence-electron chi connectivity index (χ3n) is 2.66. The van der Waals surface area contributed by atoms with Gasteiger partial charge in [-0.1, -0.05) is 12.1 Å². The molecule has 0 amide bonds. The molecule has 16 heavy (non-hydrogen) atoms. The maximum absolute atomic E-state index is 9.53. The summed E-state index contributed by atoms with van der Waals surface area (Å²) in [5.74, 6) is 0.284. The molecule has 86 valence electrons. The summed E-state index contributed by atoms with van der Waals surface area (Å²) in [6.07, 6.45) is 1.73. The fourth-order valence-electron chi connectivity index (χ4n) is 1.70. The number of para-hydroxylation sites is 1. The molecule has 1 aliphatic heterocycles. The molecule has 1 aliphatic rings. The minimum absolute atomic E-state index is 0.284. The Balaban J connectivity index is 1.87. The summed E-state index contributed by atoms with van der Waals surface area (Å²) in [7, 11) is 0. The highest BCUT2D eigenvalue weighted by Crippen LogP contribution is 2.12. The average Bonchev–Trinajstić information content (AvgIpc) is 2.33. The lowest BCUT2D eigenvalue weighted by molar-refractivity contribution is 0.249. The zero-order valence-corrected chi connectivity index (χ0v) is 9.26. The molecule has 4 nitrogen and oxygen atoms in total. The van der Waals surface area contributed by atoms with Gasteiger partial charge in [-0.05, 0) is 12.1 Å². The molecule has 0 aromatic heterocycles. The monoisotopic (exact) mass is 219 g/mol. The van der Waals surface area contributed by atoms with E-state index in [1.807, 2.05) is 18.2 Å². The van der Waals surface area contributed by atoms with E-state index >= 15 is 0 Å². The fourth-order valence-corrected chi connectivity index (χ4v) is 1.70. The van der Waals surface area contributed by atoms with Crippen LogP contribution in [0.5, 0.6) is 5.75 Å².